The van der Waals surface area contributed by atoms with E-state index in [2.05, 4.69) is 35.4 Å². The number of hydrogen-bond donors (Lipinski definition) is 0. The maximum absolute atomic E-state index is 9.25. The largest absolute Gasteiger partial charge is 0.272 e. The Labute approximate surface area is 130 Å². The molecule has 0 unspecified atom stereocenters. The molecule has 0 bridgehead atoms. The molecule has 3 aromatic rings. The third-order valence-electron chi connectivity index (χ3n) is 3.71. The highest BCUT2D eigenvalue weighted by Gasteiger charge is 2.08. The van der Waals surface area contributed by atoms with E-state index in [1.807, 2.05) is 48.3 Å². The van der Waals surface area contributed by atoms with Crippen molar-refractivity contribution in [2.75, 3.05) is 0 Å². The lowest BCUT2D eigenvalue weighted by atomic mass is 10.0. The molecule has 0 saturated heterocycles. The van der Waals surface area contributed by atoms with Crippen molar-refractivity contribution in [3.8, 4) is 17.2 Å². The summed E-state index contributed by atoms with van der Waals surface area (Å²) in [4.78, 5) is 0. The minimum Gasteiger partial charge on any atom is -0.272 e. The van der Waals surface area contributed by atoms with Crippen LogP contribution in [-0.4, -0.2) is 9.78 Å². The van der Waals surface area contributed by atoms with E-state index in [4.69, 9.17) is 0 Å². The SMILES string of the molecule is Cc1ccc(C#N)c(-c2cnn(CCc3ccccc3)c2)c1. The molecule has 3 heteroatoms. The topological polar surface area (TPSA) is 41.6 Å². The zero-order valence-electron chi connectivity index (χ0n) is 12.5. The quantitative estimate of drug-likeness (QED) is 0.728. The Bertz CT molecular complexity index is 810. The van der Waals surface area contributed by atoms with Gasteiger partial charge in [0.1, 0.15) is 0 Å². The second-order valence-corrected chi connectivity index (χ2v) is 5.39. The second kappa shape index (κ2) is 6.28. The van der Waals surface area contributed by atoms with Gasteiger partial charge in [0.05, 0.1) is 17.8 Å². The number of nitriles is 1. The van der Waals surface area contributed by atoms with E-state index in [0.717, 1.165) is 29.7 Å². The summed E-state index contributed by atoms with van der Waals surface area (Å²) < 4.78 is 1.94. The van der Waals surface area contributed by atoms with Gasteiger partial charge in [-0.2, -0.15) is 10.4 Å². The van der Waals surface area contributed by atoms with Gasteiger partial charge in [-0.1, -0.05) is 42.0 Å². The minimum atomic E-state index is 0.688. The fraction of sp³-hybridized carbons (Fsp3) is 0.158. The van der Waals surface area contributed by atoms with E-state index >= 15 is 0 Å². The molecule has 0 aliphatic carbocycles. The molecule has 0 aliphatic rings. The molecule has 0 saturated carbocycles. The van der Waals surface area contributed by atoms with Crippen molar-refractivity contribution in [2.24, 2.45) is 0 Å². The zero-order valence-corrected chi connectivity index (χ0v) is 12.5. The summed E-state index contributed by atoms with van der Waals surface area (Å²) in [5.74, 6) is 0. The lowest BCUT2D eigenvalue weighted by Gasteiger charge is -2.03. The fourth-order valence-electron chi connectivity index (χ4n) is 2.51. The number of benzene rings is 2. The molecule has 0 amide bonds. The van der Waals surface area contributed by atoms with Gasteiger partial charge in [0, 0.05) is 23.9 Å². The molecule has 3 nitrogen and oxygen atoms in total. The molecule has 108 valence electrons. The molecule has 0 atom stereocenters. The molecule has 0 N–H and O–H groups in total. The number of hydrogen-bond acceptors (Lipinski definition) is 2. The van der Waals surface area contributed by atoms with Crippen LogP contribution in [0.25, 0.3) is 11.1 Å². The first-order valence-electron chi connectivity index (χ1n) is 7.34. The van der Waals surface area contributed by atoms with E-state index in [0.29, 0.717) is 5.56 Å². The van der Waals surface area contributed by atoms with Gasteiger partial charge in [0.15, 0.2) is 0 Å². The van der Waals surface area contributed by atoms with Crippen molar-refractivity contribution in [3.05, 3.63) is 77.6 Å². The highest BCUT2D eigenvalue weighted by atomic mass is 15.3. The van der Waals surface area contributed by atoms with Gasteiger partial charge < -0.3 is 0 Å². The van der Waals surface area contributed by atoms with Gasteiger partial charge in [-0.15, -0.1) is 0 Å². The minimum absolute atomic E-state index is 0.688. The van der Waals surface area contributed by atoms with Crippen LogP contribution in [0.5, 0.6) is 0 Å². The van der Waals surface area contributed by atoms with Gasteiger partial charge in [-0.05, 0) is 31.0 Å². The highest BCUT2D eigenvalue weighted by molar-refractivity contribution is 5.70. The zero-order chi connectivity index (χ0) is 15.4. The van der Waals surface area contributed by atoms with Crippen LogP contribution in [0, 0.1) is 18.3 Å². The molecule has 1 aromatic heterocycles. The van der Waals surface area contributed by atoms with Crippen molar-refractivity contribution in [2.45, 2.75) is 19.9 Å². The van der Waals surface area contributed by atoms with Crippen LogP contribution >= 0.6 is 0 Å². The van der Waals surface area contributed by atoms with Crippen molar-refractivity contribution < 1.29 is 0 Å². The third kappa shape index (κ3) is 3.07. The Hall–Kier alpha value is -2.86. The summed E-state index contributed by atoms with van der Waals surface area (Å²) >= 11 is 0. The van der Waals surface area contributed by atoms with Crippen LogP contribution in [0.3, 0.4) is 0 Å². The summed E-state index contributed by atoms with van der Waals surface area (Å²) in [7, 11) is 0. The molecule has 1 heterocycles. The van der Waals surface area contributed by atoms with Gasteiger partial charge in [-0.25, -0.2) is 0 Å². The van der Waals surface area contributed by atoms with Crippen LogP contribution in [0.1, 0.15) is 16.7 Å². The first kappa shape index (κ1) is 14.1. The number of aromatic nitrogens is 2. The molecule has 2 aromatic carbocycles. The van der Waals surface area contributed by atoms with Crippen molar-refractivity contribution in [1.29, 1.82) is 5.26 Å². The van der Waals surface area contributed by atoms with Crippen LogP contribution in [0.2, 0.25) is 0 Å². The van der Waals surface area contributed by atoms with Crippen molar-refractivity contribution in [3.63, 3.8) is 0 Å². The second-order valence-electron chi connectivity index (χ2n) is 5.39. The molecule has 0 aliphatic heterocycles. The predicted octanol–water partition coefficient (Wildman–Crippen LogP) is 3.97. The van der Waals surface area contributed by atoms with Gasteiger partial charge >= 0.3 is 0 Å². The molecule has 0 spiro atoms. The van der Waals surface area contributed by atoms with Gasteiger partial charge in [-0.3, -0.25) is 4.68 Å². The molecule has 0 radical (unpaired) electrons. The standard InChI is InChI=1S/C19H17N3/c1-15-7-8-17(12-20)19(11-15)18-13-21-22(14-18)10-9-16-5-3-2-4-6-16/h2-8,11,13-14H,9-10H2,1H3. The van der Waals surface area contributed by atoms with Crippen LogP contribution < -0.4 is 0 Å². The van der Waals surface area contributed by atoms with Crippen LogP contribution in [0.4, 0.5) is 0 Å². The van der Waals surface area contributed by atoms with Crippen LogP contribution in [0.15, 0.2) is 60.9 Å². The number of nitrogens with zero attached hydrogens (tertiary/aromatic N) is 3. The monoisotopic (exact) mass is 287 g/mol. The Morgan fingerprint density at radius 3 is 2.73 bits per heavy atom. The first-order valence-corrected chi connectivity index (χ1v) is 7.34. The molecule has 22 heavy (non-hydrogen) atoms. The molecular formula is C19H17N3. The highest BCUT2D eigenvalue weighted by Crippen LogP contribution is 2.24. The van der Waals surface area contributed by atoms with Crippen LogP contribution in [-0.2, 0) is 13.0 Å². The van der Waals surface area contributed by atoms with Gasteiger partial charge in [0.2, 0.25) is 0 Å². The Morgan fingerprint density at radius 2 is 1.95 bits per heavy atom. The fourth-order valence-corrected chi connectivity index (χ4v) is 2.51. The van der Waals surface area contributed by atoms with E-state index in [9.17, 15) is 5.26 Å². The third-order valence-corrected chi connectivity index (χ3v) is 3.71. The smallest absolute Gasteiger partial charge is 0.0998 e. The predicted molar refractivity (Wildman–Crippen MR) is 87.3 cm³/mol. The average Bonchev–Trinajstić information content (AvgIpc) is 3.03. The maximum atomic E-state index is 9.25. The van der Waals surface area contributed by atoms with Gasteiger partial charge in [0.25, 0.3) is 0 Å². The Morgan fingerprint density at radius 1 is 1.14 bits per heavy atom. The summed E-state index contributed by atoms with van der Waals surface area (Å²) in [6, 6.07) is 18.5. The summed E-state index contributed by atoms with van der Waals surface area (Å²) in [6.07, 6.45) is 4.79. The number of rotatable bonds is 4. The lowest BCUT2D eigenvalue weighted by molar-refractivity contribution is 0.615. The van der Waals surface area contributed by atoms with E-state index in [-0.39, 0.29) is 0 Å². The Balaban J connectivity index is 1.80. The van der Waals surface area contributed by atoms with E-state index < -0.39 is 0 Å². The normalized spacial score (nSPS) is 10.4. The maximum Gasteiger partial charge on any atom is 0.0998 e. The molecule has 3 rings (SSSR count). The molecular weight excluding hydrogens is 270 g/mol. The summed E-state index contributed by atoms with van der Waals surface area (Å²) in [6.45, 7) is 2.86. The van der Waals surface area contributed by atoms with Crippen molar-refractivity contribution in [1.82, 2.24) is 9.78 Å². The average molecular weight is 287 g/mol. The van der Waals surface area contributed by atoms with E-state index in [1.165, 1.54) is 5.56 Å². The van der Waals surface area contributed by atoms with E-state index in [1.54, 1.807) is 0 Å². The first-order chi connectivity index (χ1) is 10.8. The van der Waals surface area contributed by atoms with Crippen molar-refractivity contribution >= 4 is 0 Å². The lowest BCUT2D eigenvalue weighted by Crippen LogP contribution is -2.01. The Kier molecular flexibility index (Phi) is 4.02. The summed E-state index contributed by atoms with van der Waals surface area (Å²) in [5, 5.41) is 13.7. The number of aryl methyl sites for hydroxylation is 3. The summed E-state index contributed by atoms with van der Waals surface area (Å²) in [5.41, 5.74) is 5.08. The molecule has 0 fully saturated rings.